The van der Waals surface area contributed by atoms with Gasteiger partial charge in [0.25, 0.3) is 5.91 Å². The van der Waals surface area contributed by atoms with E-state index in [1.807, 2.05) is 60.7 Å². The number of benzene rings is 3. The number of aromatic amines is 1. The third-order valence-electron chi connectivity index (χ3n) is 4.19. The fourth-order valence-electron chi connectivity index (χ4n) is 2.83. The molecule has 6 heteroatoms. The molecule has 0 fully saturated rings. The summed E-state index contributed by atoms with van der Waals surface area (Å²) in [6.07, 6.45) is 0. The number of H-pyrrole nitrogens is 1. The minimum absolute atomic E-state index is 0.108. The fraction of sp³-hybridized carbons (Fsp3) is 0. The lowest BCUT2D eigenvalue weighted by Crippen LogP contribution is -1.93. The lowest BCUT2D eigenvalue weighted by molar-refractivity contribution is 0.0995. The predicted molar refractivity (Wildman–Crippen MR) is 113 cm³/mol. The molecular formula is C21H14IN3O2. The number of fused-ring (bicyclic) bond motifs is 1. The topological polar surface area (TPSA) is 77.8 Å². The van der Waals surface area contributed by atoms with Crippen LogP contribution >= 0.6 is 22.6 Å². The van der Waals surface area contributed by atoms with Crippen molar-refractivity contribution < 1.29 is 9.90 Å². The van der Waals surface area contributed by atoms with Crippen LogP contribution in [0.2, 0.25) is 0 Å². The van der Waals surface area contributed by atoms with Gasteiger partial charge in [0.1, 0.15) is 0 Å². The molecule has 0 bridgehead atoms. The zero-order valence-corrected chi connectivity index (χ0v) is 16.2. The first-order valence-electron chi connectivity index (χ1n) is 8.23. The van der Waals surface area contributed by atoms with Gasteiger partial charge in [-0.15, -0.1) is 10.2 Å². The van der Waals surface area contributed by atoms with Crippen LogP contribution in [0.1, 0.15) is 10.4 Å². The van der Waals surface area contributed by atoms with Crippen LogP contribution in [0.15, 0.2) is 83.0 Å². The van der Waals surface area contributed by atoms with Crippen LogP contribution in [-0.4, -0.2) is 16.0 Å². The number of nitrogens with zero attached hydrogens (tertiary/aromatic N) is 2. The van der Waals surface area contributed by atoms with E-state index in [0.29, 0.717) is 5.56 Å². The second-order valence-corrected chi connectivity index (χ2v) is 7.21. The summed E-state index contributed by atoms with van der Waals surface area (Å²) in [6.45, 7) is 0. The molecular weight excluding hydrogens is 453 g/mol. The van der Waals surface area contributed by atoms with Gasteiger partial charge in [-0.2, -0.15) is 0 Å². The number of nitrogens with one attached hydrogen (secondary N) is 1. The van der Waals surface area contributed by atoms with Gasteiger partial charge in [-0.25, -0.2) is 0 Å². The summed E-state index contributed by atoms with van der Waals surface area (Å²) in [4.78, 5) is 15.2. The van der Waals surface area contributed by atoms with Crippen molar-refractivity contribution in [1.82, 2.24) is 4.98 Å². The lowest BCUT2D eigenvalue weighted by Gasteiger charge is -2.01. The van der Waals surface area contributed by atoms with Crippen molar-refractivity contribution >= 4 is 45.1 Å². The Bertz CT molecular complexity index is 1150. The maximum Gasteiger partial charge on any atom is 0.295 e. The van der Waals surface area contributed by atoms with Crippen molar-refractivity contribution in [3.63, 3.8) is 0 Å². The third-order valence-corrected chi connectivity index (χ3v) is 4.86. The van der Waals surface area contributed by atoms with Gasteiger partial charge in [0.2, 0.25) is 5.88 Å². The summed E-state index contributed by atoms with van der Waals surface area (Å²) in [7, 11) is 0. The predicted octanol–water partition coefficient (Wildman–Crippen LogP) is 6.07. The van der Waals surface area contributed by atoms with E-state index in [9.17, 15) is 9.90 Å². The quantitative estimate of drug-likeness (QED) is 0.284. The summed E-state index contributed by atoms with van der Waals surface area (Å²) >= 11 is 2.18. The molecule has 0 atom stereocenters. The molecule has 0 saturated heterocycles. The molecule has 0 saturated carbocycles. The molecule has 4 rings (SSSR count). The minimum atomic E-state index is -0.464. The van der Waals surface area contributed by atoms with E-state index >= 15 is 0 Å². The highest BCUT2D eigenvalue weighted by molar-refractivity contribution is 14.1. The van der Waals surface area contributed by atoms with E-state index in [0.717, 1.165) is 25.6 Å². The van der Waals surface area contributed by atoms with Crippen LogP contribution in [0.5, 0.6) is 5.88 Å². The summed E-state index contributed by atoms with van der Waals surface area (Å²) in [5.74, 6) is -0.572. The molecule has 0 unspecified atom stereocenters. The van der Waals surface area contributed by atoms with Gasteiger partial charge in [-0.05, 0) is 64.0 Å². The van der Waals surface area contributed by atoms with Gasteiger partial charge in [-0.3, -0.25) is 4.79 Å². The molecule has 2 N–H and O–H groups in total. The first kappa shape index (κ1) is 17.4. The molecule has 5 nitrogen and oxygen atoms in total. The number of azo groups is 1. The average molecular weight is 467 g/mol. The Hall–Kier alpha value is -3.00. The number of amides is 1. The van der Waals surface area contributed by atoms with Crippen molar-refractivity contribution in [2.45, 2.75) is 0 Å². The van der Waals surface area contributed by atoms with Crippen molar-refractivity contribution in [1.29, 1.82) is 0 Å². The zero-order valence-electron chi connectivity index (χ0n) is 14.1. The van der Waals surface area contributed by atoms with Crippen molar-refractivity contribution in [3.05, 3.63) is 81.9 Å². The van der Waals surface area contributed by atoms with E-state index in [1.165, 1.54) is 0 Å². The maximum atomic E-state index is 12.3. The molecule has 3 aromatic carbocycles. The standard InChI is InChI=1S/C21H14IN3O2/c22-16-10-11-18-17(12-16)19(21(27)23-18)24-25-20(26)15-8-6-14(7-9-15)13-4-2-1-3-5-13/h1-12,23,27H. The van der Waals surface area contributed by atoms with Gasteiger partial charge in [-0.1, -0.05) is 42.5 Å². The third kappa shape index (κ3) is 3.61. The SMILES string of the molecule is O=C(N=Nc1c(O)[nH]c2ccc(I)cc12)c1ccc(-c2ccccc2)cc1. The lowest BCUT2D eigenvalue weighted by atomic mass is 10.0. The van der Waals surface area contributed by atoms with Crippen LogP contribution < -0.4 is 0 Å². The number of aromatic nitrogens is 1. The Morgan fingerprint density at radius 3 is 2.37 bits per heavy atom. The van der Waals surface area contributed by atoms with Crippen LogP contribution in [-0.2, 0) is 0 Å². The number of hydrogen-bond donors (Lipinski definition) is 2. The molecule has 27 heavy (non-hydrogen) atoms. The van der Waals surface area contributed by atoms with Gasteiger partial charge in [0, 0.05) is 14.5 Å². The number of halogens is 1. The first-order chi connectivity index (χ1) is 13.1. The maximum absolute atomic E-state index is 12.3. The number of carbonyl (C=O) groups is 1. The molecule has 0 spiro atoms. The molecule has 4 aromatic rings. The Morgan fingerprint density at radius 1 is 0.926 bits per heavy atom. The Morgan fingerprint density at radius 2 is 1.63 bits per heavy atom. The van der Waals surface area contributed by atoms with E-state index in [2.05, 4.69) is 37.8 Å². The Labute approximate surface area is 168 Å². The molecule has 0 radical (unpaired) electrons. The Kier molecular flexibility index (Phi) is 4.72. The first-order valence-corrected chi connectivity index (χ1v) is 9.31. The number of hydrogen-bond acceptors (Lipinski definition) is 3. The average Bonchev–Trinajstić information content (AvgIpc) is 3.01. The van der Waals surface area contributed by atoms with Crippen molar-refractivity contribution in [2.75, 3.05) is 0 Å². The summed E-state index contributed by atoms with van der Waals surface area (Å²) in [6, 6.07) is 22.8. The number of aromatic hydroxyl groups is 1. The molecule has 1 amide bonds. The normalized spacial score (nSPS) is 11.3. The van der Waals surface area contributed by atoms with Crippen LogP contribution in [0.3, 0.4) is 0 Å². The van der Waals surface area contributed by atoms with Crippen molar-refractivity contribution in [3.8, 4) is 17.0 Å². The van der Waals surface area contributed by atoms with Gasteiger partial charge >= 0.3 is 0 Å². The monoisotopic (exact) mass is 467 g/mol. The van der Waals surface area contributed by atoms with E-state index < -0.39 is 5.91 Å². The van der Waals surface area contributed by atoms with Gasteiger partial charge in [0.15, 0.2) is 5.69 Å². The molecule has 0 aliphatic carbocycles. The number of rotatable bonds is 3. The molecule has 1 heterocycles. The van der Waals surface area contributed by atoms with Crippen LogP contribution in [0.25, 0.3) is 22.0 Å². The molecule has 0 aliphatic rings. The molecule has 0 aliphatic heterocycles. The zero-order chi connectivity index (χ0) is 18.8. The summed E-state index contributed by atoms with van der Waals surface area (Å²) in [5, 5.41) is 18.5. The smallest absolute Gasteiger partial charge is 0.295 e. The highest BCUT2D eigenvalue weighted by Gasteiger charge is 2.12. The summed E-state index contributed by atoms with van der Waals surface area (Å²) in [5.41, 5.74) is 3.54. The fourth-order valence-corrected chi connectivity index (χ4v) is 3.32. The van der Waals surface area contributed by atoms with E-state index in [4.69, 9.17) is 0 Å². The Balaban J connectivity index is 1.59. The van der Waals surface area contributed by atoms with E-state index in [1.54, 1.807) is 12.1 Å². The van der Waals surface area contributed by atoms with E-state index in [-0.39, 0.29) is 11.6 Å². The second kappa shape index (κ2) is 7.32. The largest absolute Gasteiger partial charge is 0.493 e. The second-order valence-electron chi connectivity index (χ2n) is 5.96. The number of carbonyl (C=O) groups excluding carboxylic acids is 1. The van der Waals surface area contributed by atoms with Gasteiger partial charge in [0.05, 0.1) is 5.52 Å². The highest BCUT2D eigenvalue weighted by Crippen LogP contribution is 2.36. The molecule has 1 aromatic heterocycles. The minimum Gasteiger partial charge on any atom is -0.493 e. The van der Waals surface area contributed by atoms with Gasteiger partial charge < -0.3 is 10.1 Å². The van der Waals surface area contributed by atoms with Crippen molar-refractivity contribution in [2.24, 2.45) is 10.2 Å². The highest BCUT2D eigenvalue weighted by atomic mass is 127. The van der Waals surface area contributed by atoms with Crippen LogP contribution in [0.4, 0.5) is 5.69 Å². The molecule has 132 valence electrons. The van der Waals surface area contributed by atoms with Crippen LogP contribution in [0, 0.1) is 3.57 Å². The summed E-state index contributed by atoms with van der Waals surface area (Å²) < 4.78 is 0.998.